The van der Waals surface area contributed by atoms with Crippen molar-refractivity contribution in [2.24, 2.45) is 5.92 Å². The number of nitrogens with one attached hydrogen (secondary N) is 1. The fourth-order valence-corrected chi connectivity index (χ4v) is 3.68. The molecule has 1 aromatic carbocycles. The third kappa shape index (κ3) is 4.42. The molecule has 0 radical (unpaired) electrons. The fourth-order valence-electron chi connectivity index (χ4n) is 2.49. The van der Waals surface area contributed by atoms with Gasteiger partial charge >= 0.3 is 0 Å². The SMILES string of the molecule is CNCC1CCN(C(=O)c2cc(SC)c(Cl)cc2Cl)C1.Cl. The van der Waals surface area contributed by atoms with Gasteiger partial charge in [-0.05, 0) is 44.3 Å². The summed E-state index contributed by atoms with van der Waals surface area (Å²) in [5.74, 6) is 0.524. The van der Waals surface area contributed by atoms with Crippen LogP contribution in [0, 0.1) is 5.92 Å². The minimum atomic E-state index is 0. The molecule has 1 aliphatic rings. The average molecular weight is 370 g/mol. The second-order valence-electron chi connectivity index (χ2n) is 4.93. The Morgan fingerprint density at radius 2 is 2.14 bits per heavy atom. The number of benzene rings is 1. The highest BCUT2D eigenvalue weighted by Gasteiger charge is 2.28. The van der Waals surface area contributed by atoms with E-state index in [9.17, 15) is 4.79 Å². The van der Waals surface area contributed by atoms with E-state index < -0.39 is 0 Å². The molecule has 21 heavy (non-hydrogen) atoms. The van der Waals surface area contributed by atoms with Crippen molar-refractivity contribution in [3.05, 3.63) is 27.7 Å². The molecule has 1 atom stereocenters. The average Bonchev–Trinajstić information content (AvgIpc) is 2.87. The van der Waals surface area contributed by atoms with E-state index in [1.54, 1.807) is 12.1 Å². The first-order valence-electron chi connectivity index (χ1n) is 6.53. The molecule has 1 amide bonds. The molecule has 1 N–H and O–H groups in total. The highest BCUT2D eigenvalue weighted by molar-refractivity contribution is 7.98. The van der Waals surface area contributed by atoms with Crippen LogP contribution in [0.3, 0.4) is 0 Å². The molecular formula is C14H19Cl3N2OS. The van der Waals surface area contributed by atoms with Gasteiger partial charge < -0.3 is 10.2 Å². The molecule has 0 saturated carbocycles. The molecule has 1 aromatic rings. The van der Waals surface area contributed by atoms with E-state index in [0.717, 1.165) is 31.0 Å². The molecule has 0 aromatic heterocycles. The van der Waals surface area contributed by atoms with Crippen molar-refractivity contribution in [3.8, 4) is 0 Å². The molecule has 1 aliphatic heterocycles. The van der Waals surface area contributed by atoms with Crippen molar-refractivity contribution in [1.82, 2.24) is 10.2 Å². The Morgan fingerprint density at radius 1 is 1.43 bits per heavy atom. The first-order chi connectivity index (χ1) is 9.56. The van der Waals surface area contributed by atoms with E-state index in [2.05, 4.69) is 5.32 Å². The lowest BCUT2D eigenvalue weighted by Gasteiger charge is -2.18. The third-order valence-electron chi connectivity index (χ3n) is 3.54. The first-order valence-corrected chi connectivity index (χ1v) is 8.51. The lowest BCUT2D eigenvalue weighted by atomic mass is 10.1. The van der Waals surface area contributed by atoms with Crippen LogP contribution in [-0.4, -0.2) is 43.7 Å². The highest BCUT2D eigenvalue weighted by Crippen LogP contribution is 2.32. The monoisotopic (exact) mass is 368 g/mol. The molecule has 1 unspecified atom stereocenters. The van der Waals surface area contributed by atoms with Crippen LogP contribution in [0.25, 0.3) is 0 Å². The van der Waals surface area contributed by atoms with Gasteiger partial charge in [0.1, 0.15) is 0 Å². The van der Waals surface area contributed by atoms with Crippen LogP contribution >= 0.6 is 47.4 Å². The van der Waals surface area contributed by atoms with E-state index >= 15 is 0 Å². The molecule has 7 heteroatoms. The quantitative estimate of drug-likeness (QED) is 0.819. The van der Waals surface area contributed by atoms with Gasteiger partial charge in [0.25, 0.3) is 5.91 Å². The highest BCUT2D eigenvalue weighted by atomic mass is 35.5. The van der Waals surface area contributed by atoms with Gasteiger partial charge in [-0.25, -0.2) is 0 Å². The summed E-state index contributed by atoms with van der Waals surface area (Å²) in [5, 5.41) is 4.18. The maximum absolute atomic E-state index is 12.6. The van der Waals surface area contributed by atoms with Crippen molar-refractivity contribution in [2.45, 2.75) is 11.3 Å². The Labute approximate surface area is 146 Å². The molecule has 0 aliphatic carbocycles. The third-order valence-corrected chi connectivity index (χ3v) is 5.05. The standard InChI is InChI=1S/C14H18Cl2N2OS.ClH/c1-17-7-9-3-4-18(8-9)14(19)10-5-13(20-2)12(16)6-11(10)15;/h5-6,9,17H,3-4,7-8H2,1-2H3;1H. The number of carbonyl (C=O) groups excluding carboxylic acids is 1. The molecule has 1 fully saturated rings. The number of hydrogen-bond donors (Lipinski definition) is 1. The van der Waals surface area contributed by atoms with E-state index in [1.165, 1.54) is 11.8 Å². The Balaban J connectivity index is 0.00000220. The van der Waals surface area contributed by atoms with Gasteiger partial charge in [0, 0.05) is 18.0 Å². The number of rotatable bonds is 4. The fraction of sp³-hybridized carbons (Fsp3) is 0.500. The summed E-state index contributed by atoms with van der Waals surface area (Å²) in [6.07, 6.45) is 2.97. The van der Waals surface area contributed by atoms with Crippen LogP contribution in [-0.2, 0) is 0 Å². The number of likely N-dealkylation sites (tertiary alicyclic amines) is 1. The zero-order chi connectivity index (χ0) is 14.7. The number of hydrogen-bond acceptors (Lipinski definition) is 3. The summed E-state index contributed by atoms with van der Waals surface area (Å²) in [5.41, 5.74) is 0.547. The first kappa shape index (κ1) is 18.9. The molecule has 2 rings (SSSR count). The van der Waals surface area contributed by atoms with Gasteiger partial charge in [-0.15, -0.1) is 24.2 Å². The zero-order valence-corrected chi connectivity index (χ0v) is 15.1. The van der Waals surface area contributed by atoms with E-state index in [1.807, 2.05) is 18.2 Å². The van der Waals surface area contributed by atoms with Crippen LogP contribution < -0.4 is 5.32 Å². The largest absolute Gasteiger partial charge is 0.338 e. The summed E-state index contributed by atoms with van der Waals surface area (Å²) >= 11 is 13.8. The van der Waals surface area contributed by atoms with Crippen LogP contribution in [0.15, 0.2) is 17.0 Å². The van der Waals surface area contributed by atoms with Crippen molar-refractivity contribution < 1.29 is 4.79 Å². The van der Waals surface area contributed by atoms with Gasteiger partial charge in [0.2, 0.25) is 0 Å². The van der Waals surface area contributed by atoms with Crippen LogP contribution in [0.2, 0.25) is 10.0 Å². The Kier molecular flexibility index (Phi) is 7.65. The summed E-state index contributed by atoms with van der Waals surface area (Å²) < 4.78 is 0. The Morgan fingerprint density at radius 3 is 2.76 bits per heavy atom. The van der Waals surface area contributed by atoms with Crippen LogP contribution in [0.4, 0.5) is 0 Å². The molecule has 3 nitrogen and oxygen atoms in total. The normalized spacial score (nSPS) is 17.7. The van der Waals surface area contributed by atoms with Gasteiger partial charge in [-0.2, -0.15) is 0 Å². The predicted octanol–water partition coefficient (Wildman–Crippen LogP) is 3.82. The van der Waals surface area contributed by atoms with E-state index in [0.29, 0.717) is 21.5 Å². The van der Waals surface area contributed by atoms with Crippen molar-refractivity contribution in [3.63, 3.8) is 0 Å². The molecule has 1 heterocycles. The molecule has 118 valence electrons. The van der Waals surface area contributed by atoms with Gasteiger partial charge in [0.15, 0.2) is 0 Å². The molecule has 0 spiro atoms. The lowest BCUT2D eigenvalue weighted by molar-refractivity contribution is 0.0787. The zero-order valence-electron chi connectivity index (χ0n) is 12.0. The minimum Gasteiger partial charge on any atom is -0.338 e. The maximum Gasteiger partial charge on any atom is 0.255 e. The molecule has 1 saturated heterocycles. The number of amides is 1. The number of carbonyl (C=O) groups is 1. The lowest BCUT2D eigenvalue weighted by Crippen LogP contribution is -2.30. The summed E-state index contributed by atoms with van der Waals surface area (Å²) in [6.45, 7) is 2.51. The van der Waals surface area contributed by atoms with Gasteiger partial charge in [0.05, 0.1) is 15.6 Å². The second-order valence-corrected chi connectivity index (χ2v) is 6.59. The van der Waals surface area contributed by atoms with Crippen LogP contribution in [0.5, 0.6) is 0 Å². The van der Waals surface area contributed by atoms with Crippen molar-refractivity contribution >= 4 is 53.3 Å². The Bertz CT molecular complexity index is 513. The summed E-state index contributed by atoms with van der Waals surface area (Å²) in [6, 6.07) is 3.45. The molecular weight excluding hydrogens is 351 g/mol. The Hall–Kier alpha value is -0.130. The van der Waals surface area contributed by atoms with Crippen molar-refractivity contribution in [1.29, 1.82) is 0 Å². The predicted molar refractivity (Wildman–Crippen MR) is 93.4 cm³/mol. The van der Waals surface area contributed by atoms with Gasteiger partial charge in [-0.1, -0.05) is 23.2 Å². The van der Waals surface area contributed by atoms with E-state index in [4.69, 9.17) is 23.2 Å². The number of thioether (sulfide) groups is 1. The second kappa shape index (κ2) is 8.49. The maximum atomic E-state index is 12.6. The van der Waals surface area contributed by atoms with Crippen molar-refractivity contribution in [2.75, 3.05) is 32.9 Å². The topological polar surface area (TPSA) is 32.3 Å². The molecule has 0 bridgehead atoms. The number of halogens is 3. The smallest absolute Gasteiger partial charge is 0.255 e. The minimum absolute atomic E-state index is 0. The summed E-state index contributed by atoms with van der Waals surface area (Å²) in [7, 11) is 1.94. The van der Waals surface area contributed by atoms with Crippen LogP contribution in [0.1, 0.15) is 16.8 Å². The van der Waals surface area contributed by atoms with Gasteiger partial charge in [-0.3, -0.25) is 4.79 Å². The van der Waals surface area contributed by atoms with E-state index in [-0.39, 0.29) is 18.3 Å². The number of nitrogens with zero attached hydrogens (tertiary/aromatic N) is 1. The summed E-state index contributed by atoms with van der Waals surface area (Å²) in [4.78, 5) is 15.3.